The second-order valence-corrected chi connectivity index (χ2v) is 6.95. The van der Waals surface area contributed by atoms with E-state index in [4.69, 9.17) is 22.1 Å². The zero-order valence-corrected chi connectivity index (χ0v) is 15.0. The molecular weight excluding hydrogens is 342 g/mol. The molecule has 0 aromatic heterocycles. The van der Waals surface area contributed by atoms with E-state index < -0.39 is 6.61 Å². The van der Waals surface area contributed by atoms with Crippen molar-refractivity contribution >= 4 is 40.6 Å². The van der Waals surface area contributed by atoms with Crippen LogP contribution < -0.4 is 15.1 Å². The van der Waals surface area contributed by atoms with Crippen LogP contribution in [0.3, 0.4) is 0 Å². The molecule has 1 saturated heterocycles. The molecule has 0 bridgehead atoms. The standard InChI is InChI=1S/C17H21N3O4S/c1-10-5-12-6-13(3-4-15(12)20(10)16(22)9-21)19-8-14(24-17(19)23)7-18-11(2)25/h3-4,6,10,14,21H,5,7-9H2,1-2H3,(H,18,25). The third kappa shape index (κ3) is 3.45. The highest BCUT2D eigenvalue weighted by Crippen LogP contribution is 2.36. The summed E-state index contributed by atoms with van der Waals surface area (Å²) in [6.45, 7) is 4.13. The van der Waals surface area contributed by atoms with E-state index in [0.29, 0.717) is 24.5 Å². The van der Waals surface area contributed by atoms with Gasteiger partial charge in [0.05, 0.1) is 18.1 Å². The zero-order valence-electron chi connectivity index (χ0n) is 14.2. The third-order valence-electron chi connectivity index (χ3n) is 4.45. The number of aliphatic hydroxyl groups is 1. The number of nitrogens with zero attached hydrogens (tertiary/aromatic N) is 2. The highest BCUT2D eigenvalue weighted by Gasteiger charge is 2.35. The van der Waals surface area contributed by atoms with Crippen molar-refractivity contribution in [3.05, 3.63) is 23.8 Å². The Balaban J connectivity index is 1.77. The molecule has 7 nitrogen and oxygen atoms in total. The second-order valence-electron chi connectivity index (χ2n) is 6.34. The average Bonchev–Trinajstić information content (AvgIpc) is 3.10. The minimum absolute atomic E-state index is 0.0158. The number of benzene rings is 1. The first-order chi connectivity index (χ1) is 11.9. The summed E-state index contributed by atoms with van der Waals surface area (Å²) in [4.78, 5) is 27.9. The summed E-state index contributed by atoms with van der Waals surface area (Å²) in [5.74, 6) is -0.318. The Labute approximate surface area is 151 Å². The van der Waals surface area contributed by atoms with Crippen molar-refractivity contribution in [2.45, 2.75) is 32.4 Å². The number of carbonyl (C=O) groups excluding carboxylic acids is 2. The fourth-order valence-corrected chi connectivity index (χ4v) is 3.42. The molecule has 1 fully saturated rings. The van der Waals surface area contributed by atoms with Crippen molar-refractivity contribution in [1.29, 1.82) is 0 Å². The largest absolute Gasteiger partial charge is 0.442 e. The molecule has 2 unspecified atom stereocenters. The Bertz CT molecular complexity index is 724. The van der Waals surface area contributed by atoms with E-state index in [-0.39, 0.29) is 24.1 Å². The van der Waals surface area contributed by atoms with E-state index in [1.54, 1.807) is 22.8 Å². The van der Waals surface area contributed by atoms with E-state index in [2.05, 4.69) is 5.32 Å². The molecule has 8 heteroatoms. The normalized spacial score (nSPS) is 22.0. The molecule has 134 valence electrons. The van der Waals surface area contributed by atoms with E-state index in [1.807, 2.05) is 19.1 Å². The quantitative estimate of drug-likeness (QED) is 0.783. The zero-order chi connectivity index (χ0) is 18.1. The lowest BCUT2D eigenvalue weighted by Crippen LogP contribution is -2.37. The summed E-state index contributed by atoms with van der Waals surface area (Å²) >= 11 is 4.97. The van der Waals surface area contributed by atoms with Gasteiger partial charge in [0.25, 0.3) is 5.91 Å². The van der Waals surface area contributed by atoms with Crippen molar-refractivity contribution < 1.29 is 19.4 Å². The summed E-state index contributed by atoms with van der Waals surface area (Å²) < 4.78 is 5.36. The Morgan fingerprint density at radius 3 is 2.92 bits per heavy atom. The number of ether oxygens (including phenoxy) is 1. The van der Waals surface area contributed by atoms with Crippen molar-refractivity contribution in [3.63, 3.8) is 0 Å². The maximum absolute atomic E-state index is 12.2. The molecule has 2 N–H and O–H groups in total. The minimum atomic E-state index is -0.516. The molecule has 0 spiro atoms. The summed E-state index contributed by atoms with van der Waals surface area (Å²) in [5, 5.41) is 12.2. The molecule has 2 amide bonds. The number of hydrogen-bond acceptors (Lipinski definition) is 5. The van der Waals surface area contributed by atoms with Gasteiger partial charge in [-0.1, -0.05) is 12.2 Å². The molecule has 1 aromatic rings. The maximum Gasteiger partial charge on any atom is 0.414 e. The smallest absolute Gasteiger partial charge is 0.414 e. The van der Waals surface area contributed by atoms with Gasteiger partial charge in [0.2, 0.25) is 0 Å². The van der Waals surface area contributed by atoms with Crippen LogP contribution in [0.1, 0.15) is 19.4 Å². The number of anilines is 2. The fraction of sp³-hybridized carbons (Fsp3) is 0.471. The first-order valence-electron chi connectivity index (χ1n) is 8.19. The predicted octanol–water partition coefficient (Wildman–Crippen LogP) is 1.22. The summed E-state index contributed by atoms with van der Waals surface area (Å²) in [5.41, 5.74) is 2.52. The van der Waals surface area contributed by atoms with Crippen LogP contribution in [-0.2, 0) is 16.0 Å². The fourth-order valence-electron chi connectivity index (χ4n) is 3.34. The highest BCUT2D eigenvalue weighted by molar-refractivity contribution is 7.80. The number of rotatable bonds is 4. The van der Waals surface area contributed by atoms with Crippen molar-refractivity contribution in [3.8, 4) is 0 Å². The van der Waals surface area contributed by atoms with E-state index >= 15 is 0 Å². The monoisotopic (exact) mass is 363 g/mol. The van der Waals surface area contributed by atoms with Crippen LogP contribution >= 0.6 is 12.2 Å². The van der Waals surface area contributed by atoms with Gasteiger partial charge >= 0.3 is 6.09 Å². The van der Waals surface area contributed by atoms with Crippen molar-refractivity contribution in [2.75, 3.05) is 29.5 Å². The van der Waals surface area contributed by atoms with Gasteiger partial charge in [0.1, 0.15) is 12.7 Å². The molecule has 1 aromatic carbocycles. The van der Waals surface area contributed by atoms with Crippen molar-refractivity contribution in [2.24, 2.45) is 0 Å². The topological polar surface area (TPSA) is 82.1 Å². The molecule has 2 aliphatic rings. The Morgan fingerprint density at radius 2 is 2.24 bits per heavy atom. The molecule has 0 aliphatic carbocycles. The van der Waals surface area contributed by atoms with Crippen LogP contribution in [-0.4, -0.2) is 53.9 Å². The lowest BCUT2D eigenvalue weighted by molar-refractivity contribution is -0.121. The maximum atomic E-state index is 12.2. The molecule has 3 rings (SSSR count). The summed E-state index contributed by atoms with van der Waals surface area (Å²) in [6.07, 6.45) is 0.0422. The summed E-state index contributed by atoms with van der Waals surface area (Å²) in [6, 6.07) is 5.52. The Hall–Kier alpha value is -2.19. The second kappa shape index (κ2) is 6.97. The highest BCUT2D eigenvalue weighted by atomic mass is 32.1. The minimum Gasteiger partial charge on any atom is -0.442 e. The van der Waals surface area contributed by atoms with E-state index in [1.165, 1.54) is 0 Å². The number of carbonyl (C=O) groups is 2. The van der Waals surface area contributed by atoms with Crippen LogP contribution in [0.4, 0.5) is 16.2 Å². The number of nitrogens with one attached hydrogen (secondary N) is 1. The number of fused-ring (bicyclic) bond motifs is 1. The first-order valence-corrected chi connectivity index (χ1v) is 8.60. The molecule has 25 heavy (non-hydrogen) atoms. The molecule has 0 radical (unpaired) electrons. The SMILES string of the molecule is CC(=S)NCC1CN(c2ccc3c(c2)CC(C)N3C(=O)CO)C(=O)O1. The van der Waals surface area contributed by atoms with Crippen LogP contribution in [0.5, 0.6) is 0 Å². The van der Waals surface area contributed by atoms with Crippen LogP contribution in [0.25, 0.3) is 0 Å². The number of cyclic esters (lactones) is 1. The summed E-state index contributed by atoms with van der Waals surface area (Å²) in [7, 11) is 0. The molecule has 2 atom stereocenters. The number of amides is 2. The Morgan fingerprint density at radius 1 is 1.48 bits per heavy atom. The van der Waals surface area contributed by atoms with Gasteiger partial charge < -0.3 is 20.1 Å². The van der Waals surface area contributed by atoms with Crippen molar-refractivity contribution in [1.82, 2.24) is 5.32 Å². The van der Waals surface area contributed by atoms with Gasteiger partial charge in [-0.25, -0.2) is 4.79 Å². The average molecular weight is 363 g/mol. The van der Waals surface area contributed by atoms with Gasteiger partial charge in [-0.05, 0) is 44.0 Å². The number of aliphatic hydroxyl groups excluding tert-OH is 1. The van der Waals surface area contributed by atoms with Gasteiger partial charge in [-0.15, -0.1) is 0 Å². The molecule has 0 saturated carbocycles. The predicted molar refractivity (Wildman–Crippen MR) is 98.1 cm³/mol. The number of hydrogen-bond donors (Lipinski definition) is 2. The molecule has 2 aliphatic heterocycles. The number of thiocarbonyl (C=S) groups is 1. The lowest BCUT2D eigenvalue weighted by Gasteiger charge is -2.22. The lowest BCUT2D eigenvalue weighted by atomic mass is 10.1. The van der Waals surface area contributed by atoms with Crippen LogP contribution in [0.2, 0.25) is 0 Å². The van der Waals surface area contributed by atoms with Crippen LogP contribution in [0.15, 0.2) is 18.2 Å². The van der Waals surface area contributed by atoms with Gasteiger partial charge in [0.15, 0.2) is 0 Å². The Kier molecular flexibility index (Phi) is 4.91. The third-order valence-corrected chi connectivity index (χ3v) is 4.59. The van der Waals surface area contributed by atoms with Gasteiger partial charge in [-0.3, -0.25) is 9.69 Å². The van der Waals surface area contributed by atoms with Gasteiger partial charge in [0, 0.05) is 17.4 Å². The van der Waals surface area contributed by atoms with Gasteiger partial charge in [-0.2, -0.15) is 0 Å². The molecular formula is C17H21N3O4S. The first kappa shape index (κ1) is 17.6. The van der Waals surface area contributed by atoms with E-state index in [0.717, 1.165) is 16.9 Å². The van der Waals surface area contributed by atoms with E-state index in [9.17, 15) is 9.59 Å². The molecule has 2 heterocycles. The van der Waals surface area contributed by atoms with Crippen LogP contribution in [0, 0.1) is 0 Å².